The summed E-state index contributed by atoms with van der Waals surface area (Å²) in [6, 6.07) is 0. The van der Waals surface area contributed by atoms with Crippen molar-refractivity contribution in [3.05, 3.63) is 24.4 Å². The third-order valence-corrected chi connectivity index (χ3v) is 0.582. The lowest BCUT2D eigenvalue weighted by molar-refractivity contribution is -0.114. The average molecular weight is 112 g/mol. The monoisotopic (exact) mass is 112 g/mol. The Hall–Kier alpha value is -1.25. The predicted molar refractivity (Wildman–Crippen MR) is 31.7 cm³/mol. The third kappa shape index (κ3) is 2.02. The maximum absolute atomic E-state index is 10.1. The van der Waals surface area contributed by atoms with Crippen molar-refractivity contribution < 1.29 is 4.79 Å². The highest BCUT2D eigenvalue weighted by atomic mass is 16.1. The van der Waals surface area contributed by atoms with Crippen LogP contribution in [0.1, 0.15) is 0 Å². The summed E-state index contributed by atoms with van der Waals surface area (Å²) < 4.78 is 0. The Bertz CT molecular complexity index is 137. The number of primary amides is 1. The number of nitrogens with two attached hydrogens (primary N) is 2. The van der Waals surface area contributed by atoms with E-state index in [0.717, 1.165) is 0 Å². The highest BCUT2D eigenvalue weighted by Crippen LogP contribution is 1.78. The molecule has 0 atom stereocenters. The number of amides is 1. The lowest BCUT2D eigenvalue weighted by atomic mass is 10.4. The summed E-state index contributed by atoms with van der Waals surface area (Å²) in [5, 5.41) is 0. The van der Waals surface area contributed by atoms with Gasteiger partial charge in [-0.3, -0.25) is 4.79 Å². The maximum atomic E-state index is 10.1. The number of hydrogen-bond donors (Lipinski definition) is 2. The minimum atomic E-state index is -0.620. The lowest BCUT2D eigenvalue weighted by Gasteiger charge is -1.87. The quantitative estimate of drug-likeness (QED) is 0.373. The zero-order valence-corrected chi connectivity index (χ0v) is 4.42. The van der Waals surface area contributed by atoms with Gasteiger partial charge in [0.15, 0.2) is 0 Å². The van der Waals surface area contributed by atoms with Gasteiger partial charge < -0.3 is 11.5 Å². The van der Waals surface area contributed by atoms with Crippen molar-refractivity contribution in [3.8, 4) is 0 Å². The second kappa shape index (κ2) is 2.85. The van der Waals surface area contributed by atoms with Gasteiger partial charge in [0.2, 0.25) is 0 Å². The van der Waals surface area contributed by atoms with Crippen molar-refractivity contribution in [2.24, 2.45) is 11.5 Å². The molecule has 0 aromatic heterocycles. The molecule has 0 bridgehead atoms. The van der Waals surface area contributed by atoms with Crippen molar-refractivity contribution in [2.75, 3.05) is 0 Å². The Morgan fingerprint density at radius 2 is 2.00 bits per heavy atom. The van der Waals surface area contributed by atoms with Gasteiger partial charge in [0, 0.05) is 0 Å². The standard InChI is InChI=1S/C5H8N2O/c1-2-3-4(6)5(7)8/h2-3H,1,6H2,(H2,7,8)/b4-3+. The first-order chi connectivity index (χ1) is 3.68. The fourth-order valence-electron chi connectivity index (χ4n) is 0.209. The van der Waals surface area contributed by atoms with Crippen LogP contribution < -0.4 is 11.5 Å². The Morgan fingerprint density at radius 1 is 1.50 bits per heavy atom. The molecule has 0 heterocycles. The summed E-state index contributed by atoms with van der Waals surface area (Å²) in [6.45, 7) is 3.32. The highest BCUT2D eigenvalue weighted by Gasteiger charge is 1.92. The Kier molecular flexibility index (Phi) is 2.40. The van der Waals surface area contributed by atoms with Crippen LogP contribution >= 0.6 is 0 Å². The topological polar surface area (TPSA) is 69.1 Å². The van der Waals surface area contributed by atoms with Crippen LogP contribution in [0.15, 0.2) is 24.4 Å². The fourth-order valence-corrected chi connectivity index (χ4v) is 0.209. The van der Waals surface area contributed by atoms with Crippen LogP contribution in [0.2, 0.25) is 0 Å². The van der Waals surface area contributed by atoms with Gasteiger partial charge >= 0.3 is 0 Å². The summed E-state index contributed by atoms with van der Waals surface area (Å²) in [4.78, 5) is 10.1. The van der Waals surface area contributed by atoms with Crippen molar-refractivity contribution in [1.29, 1.82) is 0 Å². The van der Waals surface area contributed by atoms with Gasteiger partial charge in [-0.1, -0.05) is 12.7 Å². The predicted octanol–water partition coefficient (Wildman–Crippen LogP) is -0.500. The van der Waals surface area contributed by atoms with E-state index < -0.39 is 5.91 Å². The van der Waals surface area contributed by atoms with E-state index in [1.54, 1.807) is 0 Å². The lowest BCUT2D eigenvalue weighted by Crippen LogP contribution is -2.19. The number of allylic oxidation sites excluding steroid dienone is 2. The van der Waals surface area contributed by atoms with E-state index in [2.05, 4.69) is 6.58 Å². The van der Waals surface area contributed by atoms with Crippen LogP contribution in [-0.2, 0) is 4.79 Å². The average Bonchev–Trinajstić information content (AvgIpc) is 1.67. The molecule has 0 saturated carbocycles. The van der Waals surface area contributed by atoms with Gasteiger partial charge in [-0.05, 0) is 6.08 Å². The highest BCUT2D eigenvalue weighted by molar-refractivity contribution is 5.91. The molecule has 0 fully saturated rings. The van der Waals surface area contributed by atoms with Crippen molar-refractivity contribution in [1.82, 2.24) is 0 Å². The molecule has 0 aromatic rings. The van der Waals surface area contributed by atoms with Crippen LogP contribution in [0.25, 0.3) is 0 Å². The van der Waals surface area contributed by atoms with Crippen molar-refractivity contribution in [3.63, 3.8) is 0 Å². The van der Waals surface area contributed by atoms with Crippen LogP contribution in [0, 0.1) is 0 Å². The Morgan fingerprint density at radius 3 is 2.12 bits per heavy atom. The molecule has 0 aliphatic carbocycles. The van der Waals surface area contributed by atoms with Gasteiger partial charge in [-0.25, -0.2) is 0 Å². The van der Waals surface area contributed by atoms with Gasteiger partial charge in [0.05, 0.1) is 5.70 Å². The number of carbonyl (C=O) groups is 1. The van der Waals surface area contributed by atoms with E-state index >= 15 is 0 Å². The zero-order chi connectivity index (χ0) is 6.57. The first-order valence-electron chi connectivity index (χ1n) is 2.06. The molecule has 0 unspecified atom stereocenters. The molecule has 0 saturated heterocycles. The molecule has 4 N–H and O–H groups in total. The molecule has 3 heteroatoms. The Labute approximate surface area is 47.7 Å². The van der Waals surface area contributed by atoms with E-state index in [1.165, 1.54) is 12.2 Å². The fraction of sp³-hybridized carbons (Fsp3) is 0. The van der Waals surface area contributed by atoms with E-state index in [-0.39, 0.29) is 5.70 Å². The summed E-state index contributed by atoms with van der Waals surface area (Å²) >= 11 is 0. The summed E-state index contributed by atoms with van der Waals surface area (Å²) in [5.41, 5.74) is 9.81. The molecule has 3 nitrogen and oxygen atoms in total. The molecule has 1 amide bonds. The van der Waals surface area contributed by atoms with Gasteiger partial charge in [0.1, 0.15) is 0 Å². The second-order valence-corrected chi connectivity index (χ2v) is 1.22. The molecule has 44 valence electrons. The van der Waals surface area contributed by atoms with E-state index in [4.69, 9.17) is 11.5 Å². The van der Waals surface area contributed by atoms with Crippen LogP contribution in [0.3, 0.4) is 0 Å². The van der Waals surface area contributed by atoms with Crippen LogP contribution in [-0.4, -0.2) is 5.91 Å². The normalized spacial score (nSPS) is 10.8. The third-order valence-electron chi connectivity index (χ3n) is 0.582. The molecule has 0 radical (unpaired) electrons. The largest absolute Gasteiger partial charge is 0.394 e. The second-order valence-electron chi connectivity index (χ2n) is 1.22. The summed E-state index contributed by atoms with van der Waals surface area (Å²) in [5.74, 6) is -0.620. The minimum Gasteiger partial charge on any atom is -0.394 e. The number of rotatable bonds is 2. The first-order valence-corrected chi connectivity index (χ1v) is 2.06. The van der Waals surface area contributed by atoms with Gasteiger partial charge in [-0.15, -0.1) is 0 Å². The molecule has 0 aliphatic rings. The van der Waals surface area contributed by atoms with E-state index in [0.29, 0.717) is 0 Å². The van der Waals surface area contributed by atoms with Gasteiger partial charge in [0.25, 0.3) is 5.91 Å². The van der Waals surface area contributed by atoms with Gasteiger partial charge in [-0.2, -0.15) is 0 Å². The molecule has 0 aromatic carbocycles. The minimum absolute atomic E-state index is 0.0278. The smallest absolute Gasteiger partial charge is 0.264 e. The number of carbonyl (C=O) groups excluding carboxylic acids is 1. The van der Waals surface area contributed by atoms with E-state index in [9.17, 15) is 4.79 Å². The maximum Gasteiger partial charge on any atom is 0.264 e. The van der Waals surface area contributed by atoms with Crippen molar-refractivity contribution >= 4 is 5.91 Å². The SMILES string of the molecule is C=C/C=C(/N)C(N)=O. The van der Waals surface area contributed by atoms with Crippen LogP contribution in [0.4, 0.5) is 0 Å². The van der Waals surface area contributed by atoms with E-state index in [1.807, 2.05) is 0 Å². The molecular weight excluding hydrogens is 104 g/mol. The molecular formula is C5H8N2O. The molecule has 8 heavy (non-hydrogen) atoms. The van der Waals surface area contributed by atoms with Crippen molar-refractivity contribution in [2.45, 2.75) is 0 Å². The van der Waals surface area contributed by atoms with Crippen LogP contribution in [0.5, 0.6) is 0 Å². The molecule has 0 spiro atoms. The first kappa shape index (κ1) is 6.75. The molecule has 0 rings (SSSR count). The summed E-state index contributed by atoms with van der Waals surface area (Å²) in [6.07, 6.45) is 2.75. The number of hydrogen-bond acceptors (Lipinski definition) is 2. The zero-order valence-electron chi connectivity index (χ0n) is 4.42. The molecule has 0 aliphatic heterocycles. The Balaban J connectivity index is 3.99. The summed E-state index contributed by atoms with van der Waals surface area (Å²) in [7, 11) is 0.